The largest absolute Gasteiger partial charge is 0.478 e. The molecule has 0 saturated heterocycles. The molecule has 0 amide bonds. The van der Waals surface area contributed by atoms with E-state index in [0.29, 0.717) is 20.4 Å². The fraction of sp³-hybridized carbons (Fsp3) is 0. The number of carboxylic acid groups (broad SMARTS) is 1. The quantitative estimate of drug-likeness (QED) is 0.925. The maximum Gasteiger partial charge on any atom is 0.336 e. The first kappa shape index (κ1) is 13.5. The van der Waals surface area contributed by atoms with E-state index in [9.17, 15) is 4.79 Å². The van der Waals surface area contributed by atoms with Crippen LogP contribution in [0.25, 0.3) is 0 Å². The molecule has 0 heterocycles. The maximum absolute atomic E-state index is 11.1. The van der Waals surface area contributed by atoms with Crippen molar-refractivity contribution in [2.45, 2.75) is 9.79 Å². The Labute approximate surface area is 119 Å². The van der Waals surface area contributed by atoms with Gasteiger partial charge in [0.1, 0.15) is 6.07 Å². The Morgan fingerprint density at radius 2 is 1.95 bits per heavy atom. The number of aromatic carboxylic acids is 1. The molecule has 2 rings (SSSR count). The van der Waals surface area contributed by atoms with E-state index in [0.717, 1.165) is 0 Å². The summed E-state index contributed by atoms with van der Waals surface area (Å²) in [5.74, 6) is -0.997. The molecule has 19 heavy (non-hydrogen) atoms. The van der Waals surface area contributed by atoms with Crippen molar-refractivity contribution in [2.24, 2.45) is 0 Å². The van der Waals surface area contributed by atoms with Crippen LogP contribution in [0.15, 0.2) is 52.3 Å². The number of rotatable bonds is 3. The number of nitrogens with zero attached hydrogens (tertiary/aromatic N) is 1. The van der Waals surface area contributed by atoms with Crippen molar-refractivity contribution in [2.75, 3.05) is 0 Å². The van der Waals surface area contributed by atoms with E-state index < -0.39 is 5.97 Å². The zero-order chi connectivity index (χ0) is 13.8. The molecule has 2 aromatic rings. The van der Waals surface area contributed by atoms with Crippen molar-refractivity contribution in [1.82, 2.24) is 0 Å². The van der Waals surface area contributed by atoms with E-state index in [4.69, 9.17) is 22.0 Å². The Morgan fingerprint density at radius 3 is 2.63 bits per heavy atom. The van der Waals surface area contributed by atoms with E-state index in [-0.39, 0.29) is 5.56 Å². The number of carbonyl (C=O) groups is 1. The van der Waals surface area contributed by atoms with E-state index >= 15 is 0 Å². The Bertz CT molecular complexity index is 679. The second kappa shape index (κ2) is 5.79. The molecule has 0 aliphatic rings. The Balaban J connectivity index is 2.45. The molecule has 2 aromatic carbocycles. The normalized spacial score (nSPS) is 9.89. The molecule has 3 nitrogen and oxygen atoms in total. The van der Waals surface area contributed by atoms with Gasteiger partial charge in [0.15, 0.2) is 0 Å². The van der Waals surface area contributed by atoms with E-state index in [1.165, 1.54) is 17.8 Å². The van der Waals surface area contributed by atoms with Crippen LogP contribution in [0.3, 0.4) is 0 Å². The first-order valence-electron chi connectivity index (χ1n) is 5.31. The summed E-state index contributed by atoms with van der Waals surface area (Å²) in [7, 11) is 0. The lowest BCUT2D eigenvalue weighted by molar-refractivity contribution is 0.0693. The minimum Gasteiger partial charge on any atom is -0.478 e. The third-order valence-corrected chi connectivity index (χ3v) is 3.77. The van der Waals surface area contributed by atoms with Crippen molar-refractivity contribution >= 4 is 29.3 Å². The first-order chi connectivity index (χ1) is 9.11. The molecule has 94 valence electrons. The van der Waals surface area contributed by atoms with Crippen molar-refractivity contribution in [1.29, 1.82) is 5.26 Å². The van der Waals surface area contributed by atoms with Crippen LogP contribution in [0.5, 0.6) is 0 Å². The summed E-state index contributed by atoms with van der Waals surface area (Å²) >= 11 is 7.12. The number of nitriles is 1. The lowest BCUT2D eigenvalue weighted by Gasteiger charge is -2.07. The number of halogens is 1. The SMILES string of the molecule is N#Cc1ccc(Cl)cc1Sc1ccccc1C(=O)O. The maximum atomic E-state index is 11.1. The lowest BCUT2D eigenvalue weighted by Crippen LogP contribution is -1.98. The average Bonchev–Trinajstić information content (AvgIpc) is 2.39. The monoisotopic (exact) mass is 289 g/mol. The molecular weight excluding hydrogens is 282 g/mol. The molecule has 0 saturated carbocycles. The number of carboxylic acids is 1. The van der Waals surface area contributed by atoms with Gasteiger partial charge in [-0.15, -0.1) is 0 Å². The highest BCUT2D eigenvalue weighted by molar-refractivity contribution is 7.99. The summed E-state index contributed by atoms with van der Waals surface area (Å²) in [6.07, 6.45) is 0. The smallest absolute Gasteiger partial charge is 0.336 e. The predicted octanol–water partition coefficient (Wildman–Crippen LogP) is 4.06. The zero-order valence-electron chi connectivity index (χ0n) is 9.63. The molecule has 0 spiro atoms. The van der Waals surface area contributed by atoms with Gasteiger partial charge in [0.05, 0.1) is 11.1 Å². The highest BCUT2D eigenvalue weighted by Crippen LogP contribution is 2.34. The molecule has 5 heteroatoms. The fourth-order valence-electron chi connectivity index (χ4n) is 1.52. The minimum absolute atomic E-state index is 0.205. The Morgan fingerprint density at radius 1 is 1.21 bits per heavy atom. The average molecular weight is 290 g/mol. The zero-order valence-corrected chi connectivity index (χ0v) is 11.2. The second-order valence-corrected chi connectivity index (χ2v) is 5.18. The van der Waals surface area contributed by atoms with Gasteiger partial charge in [-0.05, 0) is 30.3 Å². The van der Waals surface area contributed by atoms with Gasteiger partial charge in [-0.2, -0.15) is 5.26 Å². The van der Waals surface area contributed by atoms with Gasteiger partial charge in [0.25, 0.3) is 0 Å². The van der Waals surface area contributed by atoms with Crippen LogP contribution < -0.4 is 0 Å². The third-order valence-electron chi connectivity index (χ3n) is 2.40. The van der Waals surface area contributed by atoms with Gasteiger partial charge in [0, 0.05) is 14.8 Å². The summed E-state index contributed by atoms with van der Waals surface area (Å²) in [5, 5.41) is 18.7. The molecule has 0 unspecified atom stereocenters. The molecule has 0 fully saturated rings. The molecule has 1 N–H and O–H groups in total. The molecular formula is C14H8ClNO2S. The van der Waals surface area contributed by atoms with Crippen molar-refractivity contribution in [3.63, 3.8) is 0 Å². The third kappa shape index (κ3) is 3.08. The lowest BCUT2D eigenvalue weighted by atomic mass is 10.2. The summed E-state index contributed by atoms with van der Waals surface area (Å²) in [4.78, 5) is 12.3. The van der Waals surface area contributed by atoms with Gasteiger partial charge in [-0.3, -0.25) is 0 Å². The van der Waals surface area contributed by atoms with Crippen LogP contribution in [-0.4, -0.2) is 11.1 Å². The van der Waals surface area contributed by atoms with Crippen LogP contribution in [0.4, 0.5) is 0 Å². The minimum atomic E-state index is -0.997. The Hall–Kier alpha value is -1.96. The highest BCUT2D eigenvalue weighted by Gasteiger charge is 2.12. The van der Waals surface area contributed by atoms with Crippen LogP contribution in [-0.2, 0) is 0 Å². The van der Waals surface area contributed by atoms with Crippen LogP contribution in [0.2, 0.25) is 5.02 Å². The molecule has 0 radical (unpaired) electrons. The summed E-state index contributed by atoms with van der Waals surface area (Å²) in [6.45, 7) is 0. The standard InChI is InChI=1S/C14H8ClNO2S/c15-10-6-5-9(8-16)13(7-10)19-12-4-2-1-3-11(12)14(17)18/h1-7H,(H,17,18). The van der Waals surface area contributed by atoms with Gasteiger partial charge in [0.2, 0.25) is 0 Å². The van der Waals surface area contributed by atoms with E-state index in [1.54, 1.807) is 36.4 Å². The molecule has 0 aliphatic heterocycles. The number of benzene rings is 2. The van der Waals surface area contributed by atoms with Gasteiger partial charge < -0.3 is 5.11 Å². The molecule has 0 aliphatic carbocycles. The van der Waals surface area contributed by atoms with Gasteiger partial charge >= 0.3 is 5.97 Å². The molecule has 0 atom stereocenters. The van der Waals surface area contributed by atoms with Crippen LogP contribution in [0.1, 0.15) is 15.9 Å². The van der Waals surface area contributed by atoms with E-state index in [1.807, 2.05) is 0 Å². The topological polar surface area (TPSA) is 61.1 Å². The van der Waals surface area contributed by atoms with Crippen molar-refractivity contribution < 1.29 is 9.90 Å². The first-order valence-corrected chi connectivity index (χ1v) is 6.51. The van der Waals surface area contributed by atoms with Crippen LogP contribution >= 0.6 is 23.4 Å². The fourth-order valence-corrected chi connectivity index (χ4v) is 2.82. The summed E-state index contributed by atoms with van der Waals surface area (Å²) < 4.78 is 0. The number of hydrogen-bond acceptors (Lipinski definition) is 3. The van der Waals surface area contributed by atoms with E-state index in [2.05, 4.69) is 6.07 Å². The second-order valence-electron chi connectivity index (χ2n) is 3.66. The van der Waals surface area contributed by atoms with Crippen LogP contribution in [0, 0.1) is 11.3 Å². The molecule has 0 aromatic heterocycles. The molecule has 0 bridgehead atoms. The van der Waals surface area contributed by atoms with Crippen molar-refractivity contribution in [3.8, 4) is 6.07 Å². The highest BCUT2D eigenvalue weighted by atomic mass is 35.5. The Kier molecular flexibility index (Phi) is 4.10. The van der Waals surface area contributed by atoms with Gasteiger partial charge in [-0.1, -0.05) is 35.5 Å². The van der Waals surface area contributed by atoms with Crippen molar-refractivity contribution in [3.05, 3.63) is 58.6 Å². The number of hydrogen-bond donors (Lipinski definition) is 1. The predicted molar refractivity (Wildman–Crippen MR) is 73.7 cm³/mol. The summed E-state index contributed by atoms with van der Waals surface area (Å²) in [5.41, 5.74) is 0.672. The van der Waals surface area contributed by atoms with Gasteiger partial charge in [-0.25, -0.2) is 4.79 Å². The summed E-state index contributed by atoms with van der Waals surface area (Å²) in [6, 6.07) is 13.6.